The van der Waals surface area contributed by atoms with Crippen LogP contribution in [0.3, 0.4) is 0 Å². The molecule has 0 spiro atoms. The maximum Gasteiger partial charge on any atom is 0.272 e. The average molecular weight is 206 g/mol. The van der Waals surface area contributed by atoms with Crippen LogP contribution >= 0.6 is 0 Å². The van der Waals surface area contributed by atoms with E-state index < -0.39 is 0 Å². The SMILES string of the molecule is C#CC(CC)NC(=O)c1c(N)cnn1C. The van der Waals surface area contributed by atoms with E-state index in [1.807, 2.05) is 6.92 Å². The second-order valence-electron chi connectivity index (χ2n) is 3.17. The molecule has 0 fully saturated rings. The molecular formula is C10H14N4O. The predicted octanol–water partition coefficient (Wildman–Crippen LogP) is 0.144. The molecule has 0 saturated heterocycles. The summed E-state index contributed by atoms with van der Waals surface area (Å²) in [6.45, 7) is 1.90. The van der Waals surface area contributed by atoms with Crippen molar-refractivity contribution in [3.8, 4) is 12.3 Å². The molecule has 1 aromatic rings. The molecule has 1 heterocycles. The van der Waals surface area contributed by atoms with Crippen molar-refractivity contribution in [2.24, 2.45) is 7.05 Å². The van der Waals surface area contributed by atoms with Crippen LogP contribution in [0.25, 0.3) is 0 Å². The zero-order chi connectivity index (χ0) is 11.4. The van der Waals surface area contributed by atoms with Crippen molar-refractivity contribution < 1.29 is 4.79 Å². The molecule has 1 rings (SSSR count). The first-order chi connectivity index (χ1) is 7.10. The molecule has 0 aromatic carbocycles. The molecule has 5 nitrogen and oxygen atoms in total. The Morgan fingerprint density at radius 3 is 2.93 bits per heavy atom. The fourth-order valence-electron chi connectivity index (χ4n) is 1.22. The maximum absolute atomic E-state index is 11.7. The number of carbonyl (C=O) groups excluding carboxylic acids is 1. The highest BCUT2D eigenvalue weighted by molar-refractivity contribution is 5.97. The van der Waals surface area contributed by atoms with Crippen LogP contribution in [0.2, 0.25) is 0 Å². The number of nitrogens with zero attached hydrogens (tertiary/aromatic N) is 2. The fraction of sp³-hybridized carbons (Fsp3) is 0.400. The number of carbonyl (C=O) groups is 1. The molecule has 0 saturated carbocycles. The largest absolute Gasteiger partial charge is 0.396 e. The van der Waals surface area contributed by atoms with Crippen molar-refractivity contribution in [2.45, 2.75) is 19.4 Å². The summed E-state index contributed by atoms with van der Waals surface area (Å²) >= 11 is 0. The molecule has 0 aliphatic heterocycles. The molecule has 1 unspecified atom stereocenters. The van der Waals surface area contributed by atoms with Crippen molar-refractivity contribution >= 4 is 11.6 Å². The van der Waals surface area contributed by atoms with E-state index in [1.165, 1.54) is 10.9 Å². The minimum absolute atomic E-state index is 0.271. The van der Waals surface area contributed by atoms with E-state index in [2.05, 4.69) is 16.3 Å². The average Bonchev–Trinajstić information content (AvgIpc) is 2.55. The normalized spacial score (nSPS) is 11.8. The summed E-state index contributed by atoms with van der Waals surface area (Å²) < 4.78 is 1.42. The summed E-state index contributed by atoms with van der Waals surface area (Å²) in [6, 6.07) is -0.271. The number of hydrogen-bond acceptors (Lipinski definition) is 3. The van der Waals surface area contributed by atoms with Crippen molar-refractivity contribution in [1.82, 2.24) is 15.1 Å². The van der Waals surface area contributed by atoms with Gasteiger partial charge in [0.2, 0.25) is 0 Å². The van der Waals surface area contributed by atoms with Crippen LogP contribution in [-0.4, -0.2) is 21.7 Å². The number of rotatable bonds is 3. The molecule has 3 N–H and O–H groups in total. The molecule has 1 amide bonds. The van der Waals surface area contributed by atoms with E-state index >= 15 is 0 Å². The molecule has 15 heavy (non-hydrogen) atoms. The summed E-state index contributed by atoms with van der Waals surface area (Å²) in [4.78, 5) is 11.7. The van der Waals surface area contributed by atoms with Gasteiger partial charge < -0.3 is 11.1 Å². The van der Waals surface area contributed by atoms with Gasteiger partial charge in [-0.25, -0.2) is 0 Å². The van der Waals surface area contributed by atoms with Crippen LogP contribution < -0.4 is 11.1 Å². The molecule has 5 heteroatoms. The zero-order valence-electron chi connectivity index (χ0n) is 8.82. The summed E-state index contributed by atoms with van der Waals surface area (Å²) in [7, 11) is 1.65. The number of nitrogens with one attached hydrogen (secondary N) is 1. The molecule has 1 atom stereocenters. The Kier molecular flexibility index (Phi) is 3.34. The quantitative estimate of drug-likeness (QED) is 0.691. The summed E-state index contributed by atoms with van der Waals surface area (Å²) in [5, 5.41) is 6.56. The van der Waals surface area contributed by atoms with E-state index in [4.69, 9.17) is 12.2 Å². The molecule has 80 valence electrons. The van der Waals surface area contributed by atoms with Gasteiger partial charge in [-0.1, -0.05) is 12.8 Å². The van der Waals surface area contributed by atoms with E-state index in [9.17, 15) is 4.79 Å². The van der Waals surface area contributed by atoms with E-state index in [0.717, 1.165) is 0 Å². The minimum Gasteiger partial charge on any atom is -0.396 e. The standard InChI is InChI=1S/C10H14N4O/c1-4-7(5-2)13-10(15)9-8(11)6-12-14(9)3/h1,6-7H,5,11H2,2-3H3,(H,13,15). The van der Waals surface area contributed by atoms with E-state index in [-0.39, 0.29) is 11.9 Å². The number of hydrogen-bond donors (Lipinski definition) is 2. The number of amides is 1. The lowest BCUT2D eigenvalue weighted by atomic mass is 10.2. The number of aryl methyl sites for hydroxylation is 1. The molecule has 0 radical (unpaired) electrons. The van der Waals surface area contributed by atoms with Gasteiger partial charge in [0.25, 0.3) is 5.91 Å². The minimum atomic E-state index is -0.294. The monoisotopic (exact) mass is 206 g/mol. The van der Waals surface area contributed by atoms with Gasteiger partial charge in [-0.2, -0.15) is 5.10 Å². The summed E-state index contributed by atoms with van der Waals surface area (Å²) in [5.74, 6) is 2.19. The Morgan fingerprint density at radius 1 is 1.87 bits per heavy atom. The smallest absolute Gasteiger partial charge is 0.272 e. The Labute approximate surface area is 88.6 Å². The highest BCUT2D eigenvalue weighted by atomic mass is 16.2. The van der Waals surface area contributed by atoms with Gasteiger partial charge >= 0.3 is 0 Å². The lowest BCUT2D eigenvalue weighted by molar-refractivity contribution is 0.0936. The lowest BCUT2D eigenvalue weighted by Gasteiger charge is -2.10. The second-order valence-corrected chi connectivity index (χ2v) is 3.17. The molecular weight excluding hydrogens is 192 g/mol. The third-order valence-corrected chi connectivity index (χ3v) is 2.10. The zero-order valence-corrected chi connectivity index (χ0v) is 8.82. The topological polar surface area (TPSA) is 72.9 Å². The first-order valence-corrected chi connectivity index (χ1v) is 4.64. The van der Waals surface area contributed by atoms with Crippen LogP contribution in [0, 0.1) is 12.3 Å². The van der Waals surface area contributed by atoms with Gasteiger partial charge in [-0.05, 0) is 6.42 Å². The predicted molar refractivity (Wildman–Crippen MR) is 58.0 cm³/mol. The fourth-order valence-corrected chi connectivity index (χ4v) is 1.22. The van der Waals surface area contributed by atoms with Crippen LogP contribution in [0.1, 0.15) is 23.8 Å². The highest BCUT2D eigenvalue weighted by Gasteiger charge is 2.16. The van der Waals surface area contributed by atoms with Crippen LogP contribution in [0.5, 0.6) is 0 Å². The Bertz CT molecular complexity index is 383. The van der Waals surface area contributed by atoms with Gasteiger partial charge in [0.15, 0.2) is 0 Å². The first-order valence-electron chi connectivity index (χ1n) is 4.64. The second kappa shape index (κ2) is 4.51. The number of terminal acetylenes is 1. The lowest BCUT2D eigenvalue weighted by Crippen LogP contribution is -2.34. The first kappa shape index (κ1) is 11.1. The number of nitrogen functional groups attached to an aromatic ring is 1. The number of anilines is 1. The summed E-state index contributed by atoms with van der Waals surface area (Å²) in [6.07, 6.45) is 7.36. The van der Waals surface area contributed by atoms with Gasteiger partial charge in [0.05, 0.1) is 17.9 Å². The van der Waals surface area contributed by atoms with Gasteiger partial charge in [0.1, 0.15) is 5.69 Å². The third kappa shape index (κ3) is 2.29. The molecule has 0 aliphatic carbocycles. The van der Waals surface area contributed by atoms with E-state index in [0.29, 0.717) is 17.8 Å². The summed E-state index contributed by atoms with van der Waals surface area (Å²) in [5.41, 5.74) is 6.29. The maximum atomic E-state index is 11.7. The number of nitrogens with two attached hydrogens (primary N) is 1. The Balaban J connectivity index is 2.83. The van der Waals surface area contributed by atoms with Crippen molar-refractivity contribution in [3.63, 3.8) is 0 Å². The van der Waals surface area contributed by atoms with Gasteiger partial charge in [-0.3, -0.25) is 9.48 Å². The third-order valence-electron chi connectivity index (χ3n) is 2.10. The Hall–Kier alpha value is -1.96. The van der Waals surface area contributed by atoms with Crippen molar-refractivity contribution in [3.05, 3.63) is 11.9 Å². The molecule has 0 bridgehead atoms. The van der Waals surface area contributed by atoms with Gasteiger partial charge in [0, 0.05) is 7.05 Å². The van der Waals surface area contributed by atoms with Crippen molar-refractivity contribution in [1.29, 1.82) is 0 Å². The van der Waals surface area contributed by atoms with Crippen LogP contribution in [-0.2, 0) is 7.05 Å². The van der Waals surface area contributed by atoms with Crippen molar-refractivity contribution in [2.75, 3.05) is 5.73 Å². The highest BCUT2D eigenvalue weighted by Crippen LogP contribution is 2.09. The molecule has 0 aliphatic rings. The van der Waals surface area contributed by atoms with Crippen LogP contribution in [0.15, 0.2) is 6.20 Å². The van der Waals surface area contributed by atoms with E-state index in [1.54, 1.807) is 7.05 Å². The Morgan fingerprint density at radius 2 is 2.53 bits per heavy atom. The van der Waals surface area contributed by atoms with Crippen LogP contribution in [0.4, 0.5) is 5.69 Å². The molecule has 1 aromatic heterocycles. The van der Waals surface area contributed by atoms with Gasteiger partial charge in [-0.15, -0.1) is 6.42 Å². The number of aromatic nitrogens is 2.